The van der Waals surface area contributed by atoms with E-state index in [1.165, 1.54) is 23.5 Å². The molecule has 2 amide bonds. The summed E-state index contributed by atoms with van der Waals surface area (Å²) >= 11 is 0. The van der Waals surface area contributed by atoms with Gasteiger partial charge >= 0.3 is 12.2 Å². The van der Waals surface area contributed by atoms with Gasteiger partial charge in [-0.2, -0.15) is 18.3 Å². The molecule has 176 valence electrons. The van der Waals surface area contributed by atoms with Gasteiger partial charge in [0.05, 0.1) is 16.9 Å². The Labute approximate surface area is 188 Å². The maximum absolute atomic E-state index is 14.7. The van der Waals surface area contributed by atoms with Crippen molar-refractivity contribution < 1.29 is 31.5 Å². The highest BCUT2D eigenvalue weighted by molar-refractivity contribution is 6.09. The van der Waals surface area contributed by atoms with Crippen molar-refractivity contribution in [2.24, 2.45) is 15.8 Å². The number of fused-ring (bicyclic) bond motifs is 1. The molecule has 2 heterocycles. The fraction of sp³-hybridized carbons (Fsp3) is 0.143. The lowest BCUT2D eigenvalue weighted by Crippen LogP contribution is -2.34. The summed E-state index contributed by atoms with van der Waals surface area (Å²) in [6, 6.07) is 3.45. The quantitative estimate of drug-likeness (QED) is 0.457. The molecule has 8 nitrogen and oxygen atoms in total. The molecule has 0 bridgehead atoms. The molecule has 34 heavy (non-hydrogen) atoms. The van der Waals surface area contributed by atoms with Gasteiger partial charge in [0.2, 0.25) is 0 Å². The normalized spacial score (nSPS) is 17.4. The molecule has 2 aromatic carbocycles. The number of carbonyl (C=O) groups is 2. The van der Waals surface area contributed by atoms with Gasteiger partial charge in [0.1, 0.15) is 36.0 Å². The van der Waals surface area contributed by atoms with Gasteiger partial charge < -0.3 is 21.2 Å². The zero-order valence-electron chi connectivity index (χ0n) is 17.0. The summed E-state index contributed by atoms with van der Waals surface area (Å²) in [5, 5.41) is 9.44. The van der Waals surface area contributed by atoms with Gasteiger partial charge in [-0.1, -0.05) is 6.07 Å². The van der Waals surface area contributed by atoms with E-state index in [-0.39, 0.29) is 17.9 Å². The van der Waals surface area contributed by atoms with Crippen LogP contribution in [-0.4, -0.2) is 35.5 Å². The number of halogens is 5. The van der Waals surface area contributed by atoms with Crippen molar-refractivity contribution in [3.63, 3.8) is 0 Å². The van der Waals surface area contributed by atoms with Crippen LogP contribution in [0.5, 0.6) is 0 Å². The zero-order valence-corrected chi connectivity index (χ0v) is 17.0. The highest BCUT2D eigenvalue weighted by Crippen LogP contribution is 2.37. The molecule has 4 rings (SSSR count). The Hall–Kier alpha value is -4.29. The first-order chi connectivity index (χ1) is 16.1. The molecule has 0 aliphatic carbocycles. The number of urea groups is 1. The third-order valence-corrected chi connectivity index (χ3v) is 5.12. The Morgan fingerprint density at radius 3 is 2.50 bits per heavy atom. The number of benzene rings is 2. The summed E-state index contributed by atoms with van der Waals surface area (Å²) in [5.74, 6) is -1.89. The number of rotatable bonds is 4. The van der Waals surface area contributed by atoms with Crippen LogP contribution in [0.25, 0.3) is 5.57 Å². The van der Waals surface area contributed by atoms with E-state index in [0.29, 0.717) is 41.3 Å². The molecule has 0 aromatic heterocycles. The monoisotopic (exact) mass is 478 g/mol. The van der Waals surface area contributed by atoms with E-state index in [2.05, 4.69) is 15.4 Å². The molecule has 0 saturated heterocycles. The van der Waals surface area contributed by atoms with E-state index in [1.807, 2.05) is 5.32 Å². The maximum atomic E-state index is 14.7. The second kappa shape index (κ2) is 8.57. The van der Waals surface area contributed by atoms with Crippen molar-refractivity contribution in [1.82, 2.24) is 5.01 Å². The third kappa shape index (κ3) is 4.31. The van der Waals surface area contributed by atoms with Crippen molar-refractivity contribution in [1.29, 1.82) is 0 Å². The number of alkyl halides is 3. The minimum atomic E-state index is -4.74. The van der Waals surface area contributed by atoms with Crippen molar-refractivity contribution in [2.75, 3.05) is 10.6 Å². The van der Waals surface area contributed by atoms with E-state index in [1.54, 1.807) is 0 Å². The van der Waals surface area contributed by atoms with Crippen molar-refractivity contribution >= 4 is 41.4 Å². The standard InChI is InChI=1S/C21H15F5N6O2/c22-14-3-2-11(21(24,25)26)6-17(14)31-20(34)30-16-4-1-10(5-15(16)23)13-7-12(8-33)32-18(13)19(27)28-9-29-32/h1-6,8-9,12H,7H2,(H2,27,28,29)(H2,30,31,34). The number of amidine groups is 1. The minimum Gasteiger partial charge on any atom is -0.382 e. The largest absolute Gasteiger partial charge is 0.416 e. The Morgan fingerprint density at radius 2 is 1.82 bits per heavy atom. The average Bonchev–Trinajstić information content (AvgIpc) is 3.16. The van der Waals surface area contributed by atoms with Crippen LogP contribution in [0.2, 0.25) is 0 Å². The second-order valence-electron chi connectivity index (χ2n) is 7.29. The number of hydrazone groups is 1. The Bertz CT molecular complexity index is 1270. The van der Waals surface area contributed by atoms with Crippen LogP contribution < -0.4 is 16.4 Å². The van der Waals surface area contributed by atoms with Gasteiger partial charge in [-0.3, -0.25) is 0 Å². The molecule has 2 aromatic rings. The van der Waals surface area contributed by atoms with Crippen LogP contribution in [0.4, 0.5) is 38.1 Å². The molecular formula is C21H15F5N6O2. The zero-order chi connectivity index (χ0) is 24.6. The number of amides is 2. The predicted octanol–water partition coefficient (Wildman–Crippen LogP) is 3.93. The smallest absolute Gasteiger partial charge is 0.382 e. The second-order valence-corrected chi connectivity index (χ2v) is 7.29. The highest BCUT2D eigenvalue weighted by atomic mass is 19.4. The van der Waals surface area contributed by atoms with Crippen LogP contribution in [0, 0.1) is 11.6 Å². The number of aliphatic imine (C=N–C) groups is 1. The van der Waals surface area contributed by atoms with Gasteiger partial charge in [-0.15, -0.1) is 0 Å². The number of aldehydes is 1. The fourth-order valence-electron chi connectivity index (χ4n) is 3.55. The Kier molecular flexibility index (Phi) is 5.77. The van der Waals surface area contributed by atoms with E-state index < -0.39 is 41.1 Å². The molecular weight excluding hydrogens is 463 g/mol. The molecule has 2 aliphatic rings. The summed E-state index contributed by atoms with van der Waals surface area (Å²) in [6.07, 6.45) is -2.69. The van der Waals surface area contributed by atoms with Crippen molar-refractivity contribution in [2.45, 2.75) is 18.6 Å². The molecule has 2 aliphatic heterocycles. The maximum Gasteiger partial charge on any atom is 0.416 e. The minimum absolute atomic E-state index is 0.0967. The van der Waals surface area contributed by atoms with Crippen LogP contribution in [0.3, 0.4) is 0 Å². The first-order valence-corrected chi connectivity index (χ1v) is 9.67. The number of anilines is 2. The van der Waals surface area contributed by atoms with E-state index in [9.17, 15) is 31.5 Å². The number of nitrogens with zero attached hydrogens (tertiary/aromatic N) is 3. The van der Waals surface area contributed by atoms with E-state index in [0.717, 1.165) is 6.07 Å². The van der Waals surface area contributed by atoms with Gasteiger partial charge in [0, 0.05) is 6.42 Å². The molecule has 1 atom stereocenters. The number of nitrogens with two attached hydrogens (primary N) is 1. The first-order valence-electron chi connectivity index (χ1n) is 9.67. The summed E-state index contributed by atoms with van der Waals surface area (Å²) in [5.41, 5.74) is 4.92. The summed E-state index contributed by atoms with van der Waals surface area (Å²) < 4.78 is 67.1. The van der Waals surface area contributed by atoms with Crippen LogP contribution in [-0.2, 0) is 11.0 Å². The third-order valence-electron chi connectivity index (χ3n) is 5.12. The van der Waals surface area contributed by atoms with Crippen LogP contribution in [0.15, 0.2) is 52.2 Å². The fourth-order valence-corrected chi connectivity index (χ4v) is 3.55. The highest BCUT2D eigenvalue weighted by Gasteiger charge is 2.36. The lowest BCUT2D eigenvalue weighted by molar-refractivity contribution is -0.137. The Morgan fingerprint density at radius 1 is 1.09 bits per heavy atom. The molecule has 0 radical (unpaired) electrons. The summed E-state index contributed by atoms with van der Waals surface area (Å²) in [7, 11) is 0. The first kappa shape index (κ1) is 22.9. The number of hydrogen-bond donors (Lipinski definition) is 3. The molecule has 0 fully saturated rings. The predicted molar refractivity (Wildman–Crippen MR) is 114 cm³/mol. The summed E-state index contributed by atoms with van der Waals surface area (Å²) in [4.78, 5) is 27.5. The molecule has 0 saturated carbocycles. The van der Waals surface area contributed by atoms with Crippen molar-refractivity contribution in [3.05, 3.63) is 64.9 Å². The molecule has 0 spiro atoms. The number of hydrogen-bond acceptors (Lipinski definition) is 6. The number of nitrogens with one attached hydrogen (secondary N) is 2. The van der Waals surface area contributed by atoms with Gasteiger partial charge in [-0.05, 0) is 41.5 Å². The molecule has 1 unspecified atom stereocenters. The van der Waals surface area contributed by atoms with E-state index >= 15 is 0 Å². The summed E-state index contributed by atoms with van der Waals surface area (Å²) in [6.45, 7) is 0. The topological polar surface area (TPSA) is 112 Å². The molecule has 4 N–H and O–H groups in total. The van der Waals surface area contributed by atoms with E-state index in [4.69, 9.17) is 5.73 Å². The lowest BCUT2D eigenvalue weighted by Gasteiger charge is -2.22. The average molecular weight is 478 g/mol. The SMILES string of the molecule is NC1=NC=NN2C1=C(c1ccc(NC(=O)Nc3cc(C(F)(F)F)ccc3F)c(F)c1)CC2C=O. The molecule has 13 heteroatoms. The lowest BCUT2D eigenvalue weighted by atomic mass is 10.00. The Balaban J connectivity index is 1.54. The van der Waals surface area contributed by atoms with Crippen molar-refractivity contribution in [3.8, 4) is 0 Å². The van der Waals surface area contributed by atoms with Gasteiger partial charge in [0.15, 0.2) is 5.84 Å². The van der Waals surface area contributed by atoms with Crippen LogP contribution in [0.1, 0.15) is 17.5 Å². The van der Waals surface area contributed by atoms with Gasteiger partial charge in [-0.25, -0.2) is 23.6 Å². The van der Waals surface area contributed by atoms with Gasteiger partial charge in [0.25, 0.3) is 0 Å². The number of carbonyl (C=O) groups excluding carboxylic acids is 2. The van der Waals surface area contributed by atoms with Crippen LogP contribution >= 0.6 is 0 Å².